The van der Waals surface area contributed by atoms with Crippen molar-refractivity contribution >= 4 is 40.1 Å². The lowest BCUT2D eigenvalue weighted by Gasteiger charge is -2.32. The quantitative estimate of drug-likeness (QED) is 0.818. The van der Waals surface area contributed by atoms with E-state index in [2.05, 4.69) is 27.9 Å². The molecule has 18 heavy (non-hydrogen) atoms. The predicted molar refractivity (Wildman–Crippen MR) is 76.2 cm³/mol. The zero-order valence-electron chi connectivity index (χ0n) is 9.73. The largest absolute Gasteiger partial charge is 0.342 e. The number of hydrogen-bond donors (Lipinski definition) is 1. The molecule has 1 heterocycles. The molecule has 0 aromatic heterocycles. The normalized spacial score (nSPS) is 24.1. The Labute approximate surface area is 119 Å². The number of nitrogens with one attached hydrogen (secondary N) is 1. The van der Waals surface area contributed by atoms with E-state index in [4.69, 9.17) is 0 Å². The fourth-order valence-electron chi connectivity index (χ4n) is 2.26. The van der Waals surface area contributed by atoms with Gasteiger partial charge in [0.25, 0.3) is 0 Å². The summed E-state index contributed by atoms with van der Waals surface area (Å²) in [5, 5.41) is 2.81. The van der Waals surface area contributed by atoms with Crippen molar-refractivity contribution in [3.05, 3.63) is 27.8 Å². The van der Waals surface area contributed by atoms with E-state index in [1.54, 1.807) is 4.90 Å². The van der Waals surface area contributed by atoms with Crippen LogP contribution in [-0.4, -0.2) is 24.4 Å². The maximum atomic E-state index is 12.3. The van der Waals surface area contributed by atoms with Crippen LogP contribution >= 0.6 is 22.6 Å². The Kier molecular flexibility index (Phi) is 3.01. The number of benzene rings is 1. The van der Waals surface area contributed by atoms with E-state index in [0.29, 0.717) is 5.92 Å². The Hall–Kier alpha value is -1.11. The van der Waals surface area contributed by atoms with Crippen molar-refractivity contribution in [2.24, 2.45) is 5.92 Å². The first kappa shape index (κ1) is 12.0. The zero-order valence-corrected chi connectivity index (χ0v) is 11.9. The fraction of sp³-hybridized carbons (Fsp3) is 0.385. The molecule has 2 aliphatic rings. The van der Waals surface area contributed by atoms with Gasteiger partial charge >= 0.3 is 0 Å². The van der Waals surface area contributed by atoms with Crippen LogP contribution in [0.3, 0.4) is 0 Å². The molecule has 5 heteroatoms. The molecule has 0 radical (unpaired) electrons. The molecule has 3 rings (SSSR count). The molecule has 1 atom stereocenters. The van der Waals surface area contributed by atoms with E-state index >= 15 is 0 Å². The molecule has 0 bridgehead atoms. The van der Waals surface area contributed by atoms with Crippen LogP contribution in [0.2, 0.25) is 0 Å². The fourth-order valence-corrected chi connectivity index (χ4v) is 2.62. The number of anilines is 1. The van der Waals surface area contributed by atoms with E-state index in [1.807, 2.05) is 24.3 Å². The highest BCUT2D eigenvalue weighted by atomic mass is 127. The molecule has 2 fully saturated rings. The summed E-state index contributed by atoms with van der Waals surface area (Å²) in [5.74, 6) is 0.302. The molecule has 1 aliphatic heterocycles. The molecule has 1 aliphatic carbocycles. The van der Waals surface area contributed by atoms with Gasteiger partial charge in [-0.05, 0) is 65.6 Å². The summed E-state index contributed by atoms with van der Waals surface area (Å²) in [5.41, 5.74) is 0.806. The first-order valence-electron chi connectivity index (χ1n) is 6.01. The van der Waals surface area contributed by atoms with Gasteiger partial charge in [0.1, 0.15) is 12.6 Å². The lowest BCUT2D eigenvalue weighted by molar-refractivity contribution is -0.131. The van der Waals surface area contributed by atoms with Gasteiger partial charge in [0.2, 0.25) is 11.8 Å². The molecule has 1 N–H and O–H groups in total. The number of hydrogen-bond acceptors (Lipinski definition) is 2. The van der Waals surface area contributed by atoms with Gasteiger partial charge in [0.15, 0.2) is 0 Å². The van der Waals surface area contributed by atoms with Crippen molar-refractivity contribution in [2.45, 2.75) is 18.9 Å². The number of halogens is 1. The molecule has 1 saturated carbocycles. The molecule has 1 unspecified atom stereocenters. The van der Waals surface area contributed by atoms with E-state index in [1.165, 1.54) is 0 Å². The van der Waals surface area contributed by atoms with Crippen molar-refractivity contribution in [3.8, 4) is 0 Å². The van der Waals surface area contributed by atoms with Crippen molar-refractivity contribution in [1.82, 2.24) is 5.32 Å². The topological polar surface area (TPSA) is 49.4 Å². The third kappa shape index (κ3) is 2.23. The average molecular weight is 356 g/mol. The third-order valence-electron chi connectivity index (χ3n) is 3.38. The maximum Gasteiger partial charge on any atom is 0.250 e. The number of carbonyl (C=O) groups is 2. The Morgan fingerprint density at radius 1 is 1.17 bits per heavy atom. The number of carbonyl (C=O) groups excluding carboxylic acids is 2. The van der Waals surface area contributed by atoms with E-state index in [-0.39, 0.29) is 24.4 Å². The second-order valence-corrected chi connectivity index (χ2v) is 6.03. The Bertz CT molecular complexity index is 496. The average Bonchev–Trinajstić information content (AvgIpc) is 3.17. The molecule has 2 amide bonds. The van der Waals surface area contributed by atoms with Crippen molar-refractivity contribution in [1.29, 1.82) is 0 Å². The summed E-state index contributed by atoms with van der Waals surface area (Å²) in [7, 11) is 0. The van der Waals surface area contributed by atoms with Crippen molar-refractivity contribution < 1.29 is 9.59 Å². The highest BCUT2D eigenvalue weighted by Crippen LogP contribution is 2.35. The van der Waals surface area contributed by atoms with Gasteiger partial charge in [-0.1, -0.05) is 0 Å². The predicted octanol–water partition coefficient (Wildman–Crippen LogP) is 1.53. The number of nitrogens with zero attached hydrogens (tertiary/aromatic N) is 1. The third-order valence-corrected chi connectivity index (χ3v) is 4.10. The van der Waals surface area contributed by atoms with Gasteiger partial charge in [-0.15, -0.1) is 0 Å². The highest BCUT2D eigenvalue weighted by molar-refractivity contribution is 14.1. The number of rotatable bonds is 2. The van der Waals surface area contributed by atoms with Crippen LogP contribution in [0.5, 0.6) is 0 Å². The van der Waals surface area contributed by atoms with Gasteiger partial charge in [-0.3, -0.25) is 9.59 Å². The number of piperazine rings is 1. The van der Waals surface area contributed by atoms with Crippen LogP contribution in [0.25, 0.3) is 0 Å². The van der Waals surface area contributed by atoms with E-state index in [9.17, 15) is 9.59 Å². The maximum absolute atomic E-state index is 12.3. The second kappa shape index (κ2) is 4.53. The van der Waals surface area contributed by atoms with E-state index in [0.717, 1.165) is 22.1 Å². The van der Waals surface area contributed by atoms with Gasteiger partial charge in [-0.25, -0.2) is 0 Å². The molecular weight excluding hydrogens is 343 g/mol. The Balaban J connectivity index is 1.87. The second-order valence-electron chi connectivity index (χ2n) is 4.78. The van der Waals surface area contributed by atoms with Crippen LogP contribution in [0.1, 0.15) is 12.8 Å². The molecule has 4 nitrogen and oxygen atoms in total. The van der Waals surface area contributed by atoms with Crippen molar-refractivity contribution in [3.63, 3.8) is 0 Å². The summed E-state index contributed by atoms with van der Waals surface area (Å²) in [4.78, 5) is 25.6. The molecule has 1 aromatic carbocycles. The van der Waals surface area contributed by atoms with Crippen LogP contribution in [0.15, 0.2) is 24.3 Å². The SMILES string of the molecule is O=C1CN(c2ccc(I)cc2)C(=O)C(C2CC2)N1. The van der Waals surface area contributed by atoms with Gasteiger partial charge in [0.05, 0.1) is 0 Å². The lowest BCUT2D eigenvalue weighted by atomic mass is 10.1. The molecule has 0 spiro atoms. The zero-order chi connectivity index (χ0) is 12.7. The summed E-state index contributed by atoms with van der Waals surface area (Å²) in [6.07, 6.45) is 2.08. The van der Waals surface area contributed by atoms with Crippen LogP contribution in [0.4, 0.5) is 5.69 Å². The highest BCUT2D eigenvalue weighted by Gasteiger charge is 2.42. The monoisotopic (exact) mass is 356 g/mol. The summed E-state index contributed by atoms with van der Waals surface area (Å²) in [6, 6.07) is 7.36. The van der Waals surface area contributed by atoms with Crippen LogP contribution in [-0.2, 0) is 9.59 Å². The lowest BCUT2D eigenvalue weighted by Crippen LogP contribution is -2.59. The van der Waals surface area contributed by atoms with Gasteiger partial charge < -0.3 is 10.2 Å². The first-order valence-corrected chi connectivity index (χ1v) is 7.09. The molecular formula is C13H13IN2O2. The number of amides is 2. The molecule has 1 aromatic rings. The minimum Gasteiger partial charge on any atom is -0.342 e. The van der Waals surface area contributed by atoms with Gasteiger partial charge in [0, 0.05) is 9.26 Å². The first-order chi connectivity index (χ1) is 8.65. The van der Waals surface area contributed by atoms with Gasteiger partial charge in [-0.2, -0.15) is 0 Å². The van der Waals surface area contributed by atoms with Crippen molar-refractivity contribution in [2.75, 3.05) is 11.4 Å². The summed E-state index contributed by atoms with van der Waals surface area (Å²) in [6.45, 7) is 0.128. The smallest absolute Gasteiger partial charge is 0.250 e. The minimum atomic E-state index is -0.314. The molecule has 1 saturated heterocycles. The van der Waals surface area contributed by atoms with Crippen LogP contribution in [0, 0.1) is 9.49 Å². The standard InChI is InChI=1S/C13H13IN2O2/c14-9-3-5-10(6-4-9)16-7-11(17)15-12(13(16)18)8-1-2-8/h3-6,8,12H,1-2,7H2,(H,15,17). The molecule has 94 valence electrons. The summed E-state index contributed by atoms with van der Waals surface area (Å²) < 4.78 is 1.11. The van der Waals surface area contributed by atoms with E-state index < -0.39 is 0 Å². The summed E-state index contributed by atoms with van der Waals surface area (Å²) >= 11 is 2.22. The minimum absolute atomic E-state index is 0.0262. The Morgan fingerprint density at radius 3 is 2.44 bits per heavy atom. The van der Waals surface area contributed by atoms with Crippen LogP contribution < -0.4 is 10.2 Å². The Morgan fingerprint density at radius 2 is 1.83 bits per heavy atom.